The Morgan fingerprint density at radius 2 is 1.85 bits per heavy atom. The molecule has 0 amide bonds. The van der Waals surface area contributed by atoms with Crippen molar-refractivity contribution in [2.75, 3.05) is 0 Å². The van der Waals surface area contributed by atoms with Crippen molar-refractivity contribution < 1.29 is 0 Å². The van der Waals surface area contributed by atoms with Crippen molar-refractivity contribution >= 4 is 10.8 Å². The minimum Gasteiger partial charge on any atom is -0.307 e. The molecule has 20 heavy (non-hydrogen) atoms. The van der Waals surface area contributed by atoms with Crippen LogP contribution in [0.4, 0.5) is 0 Å². The van der Waals surface area contributed by atoms with Crippen LogP contribution in [0.25, 0.3) is 10.8 Å². The van der Waals surface area contributed by atoms with Gasteiger partial charge in [0.25, 0.3) is 0 Å². The highest BCUT2D eigenvalue weighted by Gasteiger charge is 2.03. The maximum Gasteiger partial charge on any atom is 0.0597 e. The van der Waals surface area contributed by atoms with E-state index in [-0.39, 0.29) is 0 Å². The van der Waals surface area contributed by atoms with Crippen molar-refractivity contribution in [3.8, 4) is 0 Å². The highest BCUT2D eigenvalue weighted by molar-refractivity contribution is 5.85. The number of nitrogens with zero attached hydrogens (tertiary/aromatic N) is 2. The topological polar surface area (TPSA) is 29.9 Å². The van der Waals surface area contributed by atoms with Gasteiger partial charge in [-0.1, -0.05) is 42.5 Å². The molecule has 0 spiro atoms. The predicted octanol–water partition coefficient (Wildman–Crippen LogP) is 3.17. The van der Waals surface area contributed by atoms with Crippen LogP contribution in [0.3, 0.4) is 0 Å². The Kier molecular flexibility index (Phi) is 3.52. The molecule has 0 unspecified atom stereocenters. The summed E-state index contributed by atoms with van der Waals surface area (Å²) in [5.74, 6) is 0. The van der Waals surface area contributed by atoms with Crippen molar-refractivity contribution in [1.82, 2.24) is 15.1 Å². The first-order valence-electron chi connectivity index (χ1n) is 6.91. The molecule has 0 saturated carbocycles. The quantitative estimate of drug-likeness (QED) is 0.785. The summed E-state index contributed by atoms with van der Waals surface area (Å²) in [6, 6.07) is 17.1. The Bertz CT molecular complexity index is 723. The van der Waals surface area contributed by atoms with Crippen molar-refractivity contribution in [2.45, 2.75) is 20.0 Å². The highest BCUT2D eigenvalue weighted by Crippen LogP contribution is 2.18. The van der Waals surface area contributed by atoms with Crippen molar-refractivity contribution in [2.24, 2.45) is 7.05 Å². The molecule has 3 aromatic rings. The number of nitrogens with one attached hydrogen (secondary N) is 1. The summed E-state index contributed by atoms with van der Waals surface area (Å²) in [4.78, 5) is 0. The lowest BCUT2D eigenvalue weighted by atomic mass is 10.0. The summed E-state index contributed by atoms with van der Waals surface area (Å²) in [6.45, 7) is 3.72. The molecule has 0 atom stereocenters. The number of rotatable bonds is 4. The fourth-order valence-corrected chi connectivity index (χ4v) is 2.60. The molecule has 1 heterocycles. The van der Waals surface area contributed by atoms with E-state index in [0.29, 0.717) is 0 Å². The molecule has 1 aromatic heterocycles. The number of aromatic nitrogens is 2. The molecule has 0 radical (unpaired) electrons. The van der Waals surface area contributed by atoms with Gasteiger partial charge in [-0.25, -0.2) is 0 Å². The lowest BCUT2D eigenvalue weighted by molar-refractivity contribution is 0.626. The van der Waals surface area contributed by atoms with E-state index in [0.717, 1.165) is 18.8 Å². The van der Waals surface area contributed by atoms with E-state index in [9.17, 15) is 0 Å². The van der Waals surface area contributed by atoms with E-state index in [1.165, 1.54) is 22.0 Å². The molecule has 2 aromatic carbocycles. The zero-order valence-corrected chi connectivity index (χ0v) is 11.9. The van der Waals surface area contributed by atoms with Crippen molar-refractivity contribution in [3.05, 3.63) is 65.5 Å². The SMILES string of the molecule is Cc1cc(CNCc2cccc3ccccc23)n(C)n1. The van der Waals surface area contributed by atoms with Crippen molar-refractivity contribution in [3.63, 3.8) is 0 Å². The van der Waals surface area contributed by atoms with Gasteiger partial charge in [0.2, 0.25) is 0 Å². The van der Waals surface area contributed by atoms with Gasteiger partial charge in [0, 0.05) is 20.1 Å². The first-order valence-corrected chi connectivity index (χ1v) is 6.91. The minimum absolute atomic E-state index is 0.834. The van der Waals surface area contributed by atoms with Crippen molar-refractivity contribution in [1.29, 1.82) is 0 Å². The molecular formula is C17H19N3. The summed E-state index contributed by atoms with van der Waals surface area (Å²) in [6.07, 6.45) is 0. The van der Waals surface area contributed by atoms with Crippen LogP contribution >= 0.6 is 0 Å². The second-order valence-corrected chi connectivity index (χ2v) is 5.14. The molecule has 3 nitrogen and oxygen atoms in total. The van der Waals surface area contributed by atoms with E-state index in [2.05, 4.69) is 58.9 Å². The number of hydrogen-bond acceptors (Lipinski definition) is 2. The molecule has 102 valence electrons. The minimum atomic E-state index is 0.834. The van der Waals surface area contributed by atoms with E-state index in [1.54, 1.807) is 0 Å². The molecule has 0 aliphatic heterocycles. The van der Waals surface area contributed by atoms with Crippen LogP contribution < -0.4 is 5.32 Å². The summed E-state index contributed by atoms with van der Waals surface area (Å²) >= 11 is 0. The fourth-order valence-electron chi connectivity index (χ4n) is 2.60. The van der Waals surface area contributed by atoms with Gasteiger partial charge >= 0.3 is 0 Å². The predicted molar refractivity (Wildman–Crippen MR) is 82.4 cm³/mol. The molecule has 3 rings (SSSR count). The largest absolute Gasteiger partial charge is 0.307 e. The maximum atomic E-state index is 4.36. The summed E-state index contributed by atoms with van der Waals surface area (Å²) in [5.41, 5.74) is 3.61. The van der Waals surface area contributed by atoms with Crippen LogP contribution in [0, 0.1) is 6.92 Å². The monoisotopic (exact) mass is 265 g/mol. The van der Waals surface area contributed by atoms with Crippen LogP contribution in [0.15, 0.2) is 48.5 Å². The molecule has 0 fully saturated rings. The van der Waals surface area contributed by atoms with E-state index >= 15 is 0 Å². The Morgan fingerprint density at radius 3 is 2.65 bits per heavy atom. The third kappa shape index (κ3) is 2.58. The maximum absolute atomic E-state index is 4.36. The number of aryl methyl sites for hydroxylation is 2. The molecule has 0 saturated heterocycles. The van der Waals surface area contributed by atoms with Gasteiger partial charge in [0.15, 0.2) is 0 Å². The van der Waals surface area contributed by atoms with Crippen LogP contribution in [0.2, 0.25) is 0 Å². The highest BCUT2D eigenvalue weighted by atomic mass is 15.3. The van der Waals surface area contributed by atoms with E-state index in [1.807, 2.05) is 18.7 Å². The Labute approximate surface area is 119 Å². The zero-order chi connectivity index (χ0) is 13.9. The average molecular weight is 265 g/mol. The van der Waals surface area contributed by atoms with Crippen LogP contribution in [0.5, 0.6) is 0 Å². The molecule has 0 aliphatic rings. The summed E-state index contributed by atoms with van der Waals surface area (Å²) in [7, 11) is 1.99. The smallest absolute Gasteiger partial charge is 0.0597 e. The first kappa shape index (κ1) is 12.9. The lowest BCUT2D eigenvalue weighted by Gasteiger charge is -2.08. The summed E-state index contributed by atoms with van der Waals surface area (Å²) < 4.78 is 1.94. The van der Waals surface area contributed by atoms with Crippen LogP contribution in [-0.2, 0) is 20.1 Å². The number of hydrogen-bond donors (Lipinski definition) is 1. The third-order valence-corrected chi connectivity index (χ3v) is 3.60. The average Bonchev–Trinajstić information content (AvgIpc) is 2.77. The Hall–Kier alpha value is -2.13. The molecular weight excluding hydrogens is 246 g/mol. The molecule has 3 heteroatoms. The Morgan fingerprint density at radius 1 is 1.05 bits per heavy atom. The van der Waals surface area contributed by atoms with Gasteiger partial charge in [-0.3, -0.25) is 4.68 Å². The van der Waals surface area contributed by atoms with Gasteiger partial charge in [0.05, 0.1) is 11.4 Å². The standard InChI is InChI=1S/C17H19N3/c1-13-10-16(20(2)19-13)12-18-11-15-8-5-7-14-6-3-4-9-17(14)15/h3-10,18H,11-12H2,1-2H3. The van der Waals surface area contributed by atoms with Gasteiger partial charge < -0.3 is 5.32 Å². The van der Waals surface area contributed by atoms with Crippen LogP contribution in [-0.4, -0.2) is 9.78 Å². The van der Waals surface area contributed by atoms with Gasteiger partial charge in [-0.15, -0.1) is 0 Å². The second kappa shape index (κ2) is 5.47. The third-order valence-electron chi connectivity index (χ3n) is 3.60. The zero-order valence-electron chi connectivity index (χ0n) is 11.9. The first-order chi connectivity index (χ1) is 9.74. The van der Waals surface area contributed by atoms with Gasteiger partial charge in [-0.05, 0) is 29.3 Å². The normalized spacial score (nSPS) is 11.1. The van der Waals surface area contributed by atoms with Gasteiger partial charge in [-0.2, -0.15) is 5.10 Å². The molecule has 0 bridgehead atoms. The number of fused-ring (bicyclic) bond motifs is 1. The lowest BCUT2D eigenvalue weighted by Crippen LogP contribution is -2.15. The molecule has 0 aliphatic carbocycles. The van der Waals surface area contributed by atoms with E-state index in [4.69, 9.17) is 0 Å². The fraction of sp³-hybridized carbons (Fsp3) is 0.235. The molecule has 1 N–H and O–H groups in total. The van der Waals surface area contributed by atoms with E-state index < -0.39 is 0 Å². The Balaban J connectivity index is 1.73. The number of benzene rings is 2. The summed E-state index contributed by atoms with van der Waals surface area (Å²) in [5, 5.41) is 10.5. The second-order valence-electron chi connectivity index (χ2n) is 5.14. The van der Waals surface area contributed by atoms with Crippen LogP contribution in [0.1, 0.15) is 17.0 Å². The van der Waals surface area contributed by atoms with Gasteiger partial charge in [0.1, 0.15) is 0 Å².